The van der Waals surface area contributed by atoms with E-state index in [2.05, 4.69) is 5.32 Å². The van der Waals surface area contributed by atoms with Gasteiger partial charge in [-0.1, -0.05) is 0 Å². The molecule has 7 heteroatoms. The monoisotopic (exact) mass is 293 g/mol. The predicted octanol–water partition coefficient (Wildman–Crippen LogP) is 1.57. The number of carbonyl (C=O) groups is 1. The van der Waals surface area contributed by atoms with E-state index in [1.54, 1.807) is 6.07 Å². The number of anilines is 1. The molecule has 0 atom stereocenters. The number of carbonyl (C=O) groups excluding carboxylic acids is 1. The van der Waals surface area contributed by atoms with Crippen molar-refractivity contribution in [2.45, 2.75) is 19.9 Å². The number of nitrogens with zero attached hydrogens (tertiary/aromatic N) is 2. The van der Waals surface area contributed by atoms with Gasteiger partial charge in [-0.2, -0.15) is 0 Å². The molecule has 1 aliphatic heterocycles. The first kappa shape index (κ1) is 15.2. The molecule has 0 unspecified atom stereocenters. The summed E-state index contributed by atoms with van der Waals surface area (Å²) in [6, 6.07) is 4.37. The topological polar surface area (TPSA) is 84.7 Å². The molecule has 2 rings (SSSR count). The van der Waals surface area contributed by atoms with Crippen molar-refractivity contribution in [1.29, 1.82) is 0 Å². The van der Waals surface area contributed by atoms with Crippen LogP contribution in [0.3, 0.4) is 0 Å². The summed E-state index contributed by atoms with van der Waals surface area (Å²) in [5.41, 5.74) is 0.961. The highest BCUT2D eigenvalue weighted by Crippen LogP contribution is 2.26. The molecule has 1 amide bonds. The van der Waals surface area contributed by atoms with Crippen molar-refractivity contribution >= 4 is 17.3 Å². The molecule has 114 valence electrons. The normalized spacial score (nSPS) is 15.1. The van der Waals surface area contributed by atoms with Crippen molar-refractivity contribution in [2.75, 3.05) is 31.2 Å². The van der Waals surface area contributed by atoms with Crippen LogP contribution in [0.4, 0.5) is 11.4 Å². The zero-order chi connectivity index (χ0) is 15.4. The van der Waals surface area contributed by atoms with Crippen LogP contribution in [0, 0.1) is 10.1 Å². The van der Waals surface area contributed by atoms with E-state index in [9.17, 15) is 14.9 Å². The molecule has 0 spiro atoms. The number of benzene rings is 1. The highest BCUT2D eigenvalue weighted by molar-refractivity contribution is 6.00. The van der Waals surface area contributed by atoms with Gasteiger partial charge >= 0.3 is 0 Å². The Morgan fingerprint density at radius 1 is 1.38 bits per heavy atom. The molecule has 1 aromatic carbocycles. The highest BCUT2D eigenvalue weighted by Gasteiger charge is 2.22. The van der Waals surface area contributed by atoms with Gasteiger partial charge in [0.15, 0.2) is 0 Å². The Labute approximate surface area is 123 Å². The Kier molecular flexibility index (Phi) is 4.74. The Hall–Kier alpha value is -2.15. The first-order chi connectivity index (χ1) is 9.99. The first-order valence-corrected chi connectivity index (χ1v) is 6.91. The van der Waals surface area contributed by atoms with Crippen LogP contribution in [0.5, 0.6) is 0 Å². The van der Waals surface area contributed by atoms with Gasteiger partial charge in [-0.15, -0.1) is 0 Å². The lowest BCUT2D eigenvalue weighted by Crippen LogP contribution is -2.38. The standard InChI is InChI=1S/C14H19N3O4/c1-10(2)15-14(18)12-9-11(17(19)20)3-4-13(12)16-5-7-21-8-6-16/h3-4,9-10H,5-8H2,1-2H3,(H,15,18). The van der Waals surface area contributed by atoms with Crippen LogP contribution >= 0.6 is 0 Å². The van der Waals surface area contributed by atoms with Gasteiger partial charge in [0.2, 0.25) is 0 Å². The SMILES string of the molecule is CC(C)NC(=O)c1cc([N+](=O)[O-])ccc1N1CCOCC1. The molecule has 1 fully saturated rings. The lowest BCUT2D eigenvalue weighted by Gasteiger charge is -2.30. The van der Waals surface area contributed by atoms with E-state index >= 15 is 0 Å². The van der Waals surface area contributed by atoms with Crippen molar-refractivity contribution in [3.63, 3.8) is 0 Å². The Morgan fingerprint density at radius 3 is 2.62 bits per heavy atom. The molecule has 21 heavy (non-hydrogen) atoms. The van der Waals surface area contributed by atoms with E-state index in [1.165, 1.54) is 12.1 Å². The molecule has 1 saturated heterocycles. The number of nitrogens with one attached hydrogen (secondary N) is 1. The van der Waals surface area contributed by atoms with E-state index in [4.69, 9.17) is 4.74 Å². The highest BCUT2D eigenvalue weighted by atomic mass is 16.6. The van der Waals surface area contributed by atoms with E-state index in [-0.39, 0.29) is 17.6 Å². The van der Waals surface area contributed by atoms with E-state index in [0.29, 0.717) is 37.6 Å². The van der Waals surface area contributed by atoms with Gasteiger partial charge in [0.25, 0.3) is 11.6 Å². The molecule has 1 aliphatic rings. The average Bonchev–Trinajstić information content (AvgIpc) is 2.46. The third-order valence-electron chi connectivity index (χ3n) is 3.21. The van der Waals surface area contributed by atoms with Crippen LogP contribution in [0.1, 0.15) is 24.2 Å². The predicted molar refractivity (Wildman–Crippen MR) is 78.7 cm³/mol. The minimum Gasteiger partial charge on any atom is -0.378 e. The molecule has 1 aromatic rings. The van der Waals surface area contributed by atoms with Crippen molar-refractivity contribution in [3.05, 3.63) is 33.9 Å². The van der Waals surface area contributed by atoms with Gasteiger partial charge in [0, 0.05) is 31.3 Å². The maximum atomic E-state index is 12.3. The second-order valence-electron chi connectivity index (χ2n) is 5.19. The van der Waals surface area contributed by atoms with Crippen LogP contribution < -0.4 is 10.2 Å². The Balaban J connectivity index is 2.37. The summed E-state index contributed by atoms with van der Waals surface area (Å²) in [7, 11) is 0. The van der Waals surface area contributed by atoms with Crippen LogP contribution in [-0.4, -0.2) is 43.2 Å². The zero-order valence-corrected chi connectivity index (χ0v) is 12.2. The molecule has 0 saturated carbocycles. The molecule has 0 bridgehead atoms. The smallest absolute Gasteiger partial charge is 0.270 e. The molecular formula is C14H19N3O4. The van der Waals surface area contributed by atoms with Gasteiger partial charge in [0.1, 0.15) is 0 Å². The number of nitro benzene ring substituents is 1. The van der Waals surface area contributed by atoms with Gasteiger partial charge in [0.05, 0.1) is 29.4 Å². The number of non-ortho nitro benzene ring substituents is 1. The lowest BCUT2D eigenvalue weighted by atomic mass is 10.1. The van der Waals surface area contributed by atoms with Gasteiger partial charge in [-0.25, -0.2) is 0 Å². The number of rotatable bonds is 4. The largest absolute Gasteiger partial charge is 0.378 e. The van der Waals surface area contributed by atoms with Crippen molar-refractivity contribution in [1.82, 2.24) is 5.32 Å². The summed E-state index contributed by atoms with van der Waals surface area (Å²) in [6.07, 6.45) is 0. The van der Waals surface area contributed by atoms with E-state index in [1.807, 2.05) is 18.7 Å². The molecule has 0 aliphatic carbocycles. The fourth-order valence-corrected chi connectivity index (χ4v) is 2.24. The number of morpholine rings is 1. The minimum atomic E-state index is -0.491. The fraction of sp³-hybridized carbons (Fsp3) is 0.500. The average molecular weight is 293 g/mol. The molecule has 1 N–H and O–H groups in total. The van der Waals surface area contributed by atoms with Crippen LogP contribution in [-0.2, 0) is 4.74 Å². The number of ether oxygens (including phenoxy) is 1. The van der Waals surface area contributed by atoms with Crippen molar-refractivity contribution < 1.29 is 14.5 Å². The molecule has 0 radical (unpaired) electrons. The van der Waals surface area contributed by atoms with Crippen LogP contribution in [0.15, 0.2) is 18.2 Å². The summed E-state index contributed by atoms with van der Waals surface area (Å²) >= 11 is 0. The van der Waals surface area contributed by atoms with Gasteiger partial charge in [-0.05, 0) is 19.9 Å². The second kappa shape index (κ2) is 6.53. The van der Waals surface area contributed by atoms with Crippen molar-refractivity contribution in [2.24, 2.45) is 0 Å². The van der Waals surface area contributed by atoms with Crippen molar-refractivity contribution in [3.8, 4) is 0 Å². The number of hydrogen-bond donors (Lipinski definition) is 1. The molecular weight excluding hydrogens is 274 g/mol. The summed E-state index contributed by atoms with van der Waals surface area (Å²) in [5.74, 6) is -0.296. The van der Waals surface area contributed by atoms with Gasteiger partial charge < -0.3 is 15.0 Å². The van der Waals surface area contributed by atoms with Crippen LogP contribution in [0.2, 0.25) is 0 Å². The Morgan fingerprint density at radius 2 is 2.05 bits per heavy atom. The maximum absolute atomic E-state index is 12.3. The molecule has 7 nitrogen and oxygen atoms in total. The van der Waals surface area contributed by atoms with E-state index in [0.717, 1.165) is 0 Å². The maximum Gasteiger partial charge on any atom is 0.270 e. The summed E-state index contributed by atoms with van der Waals surface area (Å²) < 4.78 is 5.30. The zero-order valence-electron chi connectivity index (χ0n) is 12.2. The molecule has 0 aromatic heterocycles. The third-order valence-corrected chi connectivity index (χ3v) is 3.21. The fourth-order valence-electron chi connectivity index (χ4n) is 2.24. The quantitative estimate of drug-likeness (QED) is 0.673. The van der Waals surface area contributed by atoms with Crippen LogP contribution in [0.25, 0.3) is 0 Å². The second-order valence-corrected chi connectivity index (χ2v) is 5.19. The van der Waals surface area contributed by atoms with Gasteiger partial charge in [-0.3, -0.25) is 14.9 Å². The third kappa shape index (κ3) is 3.69. The molecule has 1 heterocycles. The number of nitro groups is 1. The van der Waals surface area contributed by atoms with E-state index < -0.39 is 4.92 Å². The summed E-state index contributed by atoms with van der Waals surface area (Å²) in [5, 5.41) is 13.7. The summed E-state index contributed by atoms with van der Waals surface area (Å²) in [6.45, 7) is 6.21. The number of hydrogen-bond acceptors (Lipinski definition) is 5. The Bertz CT molecular complexity index is 539. The minimum absolute atomic E-state index is 0.0331. The first-order valence-electron chi connectivity index (χ1n) is 6.91. The summed E-state index contributed by atoms with van der Waals surface area (Å²) in [4.78, 5) is 24.8. The number of amides is 1. The lowest BCUT2D eigenvalue weighted by molar-refractivity contribution is -0.384.